The third-order valence-corrected chi connectivity index (χ3v) is 6.11. The van der Waals surface area contributed by atoms with Gasteiger partial charge in [0.25, 0.3) is 11.7 Å². The molecule has 1 amide bonds. The molecule has 0 spiro atoms. The second-order valence-electron chi connectivity index (χ2n) is 8.63. The minimum atomic E-state index is -0.784. The highest BCUT2D eigenvalue weighted by molar-refractivity contribution is 6.46. The van der Waals surface area contributed by atoms with E-state index in [0.717, 1.165) is 19.3 Å². The Kier molecular flexibility index (Phi) is 8.67. The van der Waals surface area contributed by atoms with Gasteiger partial charge in [0.2, 0.25) is 0 Å². The van der Waals surface area contributed by atoms with Crippen LogP contribution < -0.4 is 14.2 Å². The molecule has 8 heteroatoms. The summed E-state index contributed by atoms with van der Waals surface area (Å²) in [7, 11) is 2.90. The lowest BCUT2D eigenvalue weighted by molar-refractivity contribution is -0.139. The molecular formula is C27H32ClNO6. The normalized spacial score (nSPS) is 17.2. The summed E-state index contributed by atoms with van der Waals surface area (Å²) in [6, 6.07) is 9.46. The first-order valence-corrected chi connectivity index (χ1v) is 12.1. The molecule has 1 N–H and O–H groups in total. The quantitative estimate of drug-likeness (QED) is 0.193. The molecule has 1 heterocycles. The molecule has 188 valence electrons. The van der Waals surface area contributed by atoms with Gasteiger partial charge in [-0.3, -0.25) is 9.59 Å². The molecular weight excluding hydrogens is 470 g/mol. The first-order chi connectivity index (χ1) is 16.7. The molecule has 1 aliphatic heterocycles. The highest BCUT2D eigenvalue weighted by Gasteiger charge is 2.46. The zero-order valence-electron chi connectivity index (χ0n) is 20.8. The summed E-state index contributed by atoms with van der Waals surface area (Å²) >= 11 is 6.32. The summed E-state index contributed by atoms with van der Waals surface area (Å²) in [5, 5.41) is 11.6. The molecule has 7 nitrogen and oxygen atoms in total. The number of ether oxygens (including phenoxy) is 3. The van der Waals surface area contributed by atoms with Crippen molar-refractivity contribution >= 4 is 29.1 Å². The second kappa shape index (κ2) is 11.5. The van der Waals surface area contributed by atoms with Crippen LogP contribution in [0.1, 0.15) is 57.2 Å². The van der Waals surface area contributed by atoms with E-state index in [0.29, 0.717) is 23.6 Å². The van der Waals surface area contributed by atoms with Gasteiger partial charge in [-0.15, -0.1) is 0 Å². The van der Waals surface area contributed by atoms with Crippen molar-refractivity contribution in [3.05, 3.63) is 58.1 Å². The molecule has 35 heavy (non-hydrogen) atoms. The Morgan fingerprint density at radius 3 is 2.43 bits per heavy atom. The van der Waals surface area contributed by atoms with Gasteiger partial charge in [0, 0.05) is 12.6 Å². The molecule has 2 aromatic rings. The Balaban J connectivity index is 2.21. The van der Waals surface area contributed by atoms with E-state index in [1.165, 1.54) is 31.3 Å². The molecule has 0 bridgehead atoms. The van der Waals surface area contributed by atoms with Gasteiger partial charge in [0.1, 0.15) is 23.0 Å². The summed E-state index contributed by atoms with van der Waals surface area (Å²) in [4.78, 5) is 27.9. The number of rotatable bonds is 10. The van der Waals surface area contributed by atoms with Crippen molar-refractivity contribution in [1.82, 2.24) is 4.90 Å². The molecule has 1 saturated heterocycles. The Hall–Kier alpha value is -3.19. The number of hydrogen-bond donors (Lipinski definition) is 1. The van der Waals surface area contributed by atoms with Gasteiger partial charge in [-0.25, -0.2) is 0 Å². The number of aliphatic hydroxyl groups is 1. The van der Waals surface area contributed by atoms with Crippen LogP contribution in [-0.2, 0) is 9.59 Å². The van der Waals surface area contributed by atoms with E-state index < -0.39 is 17.7 Å². The van der Waals surface area contributed by atoms with Crippen LogP contribution in [0.2, 0.25) is 5.02 Å². The van der Waals surface area contributed by atoms with E-state index in [1.807, 2.05) is 32.0 Å². The fourth-order valence-electron chi connectivity index (χ4n) is 4.21. The van der Waals surface area contributed by atoms with Crippen molar-refractivity contribution in [2.75, 3.05) is 20.8 Å². The molecule has 0 aliphatic carbocycles. The number of Topliss-reactive ketones (excluding diaryl/α,β-unsaturated/α-hetero) is 1. The minimum Gasteiger partial charge on any atom is -0.507 e. The van der Waals surface area contributed by atoms with Gasteiger partial charge in [-0.05, 0) is 44.0 Å². The van der Waals surface area contributed by atoms with Crippen LogP contribution in [0.3, 0.4) is 0 Å². The number of hydrogen-bond acceptors (Lipinski definition) is 6. The third kappa shape index (κ3) is 5.56. The van der Waals surface area contributed by atoms with Crippen molar-refractivity contribution in [3.63, 3.8) is 0 Å². The van der Waals surface area contributed by atoms with Crippen molar-refractivity contribution < 1.29 is 28.9 Å². The molecule has 2 aromatic carbocycles. The number of benzene rings is 2. The number of likely N-dealkylation sites (tertiary alicyclic amines) is 1. The molecule has 0 aromatic heterocycles. The number of ketones is 1. The van der Waals surface area contributed by atoms with Crippen molar-refractivity contribution in [1.29, 1.82) is 0 Å². The molecule has 1 atom stereocenters. The zero-order valence-corrected chi connectivity index (χ0v) is 21.5. The molecule has 0 radical (unpaired) electrons. The average Bonchev–Trinajstić information content (AvgIpc) is 3.08. The highest BCUT2D eigenvalue weighted by atomic mass is 35.5. The Morgan fingerprint density at radius 1 is 1.09 bits per heavy atom. The first-order valence-electron chi connectivity index (χ1n) is 11.7. The summed E-state index contributed by atoms with van der Waals surface area (Å²) in [5.74, 6) is -0.536. The van der Waals surface area contributed by atoms with Crippen molar-refractivity contribution in [3.8, 4) is 17.2 Å². The molecule has 1 fully saturated rings. The van der Waals surface area contributed by atoms with Crippen LogP contribution >= 0.6 is 11.6 Å². The fraction of sp³-hybridized carbons (Fsp3) is 0.407. The summed E-state index contributed by atoms with van der Waals surface area (Å²) in [6.07, 6.45) is 2.56. The van der Waals surface area contributed by atoms with Gasteiger partial charge >= 0.3 is 0 Å². The molecule has 0 saturated carbocycles. The van der Waals surface area contributed by atoms with E-state index >= 15 is 0 Å². The van der Waals surface area contributed by atoms with Gasteiger partial charge in [-0.1, -0.05) is 43.5 Å². The highest BCUT2D eigenvalue weighted by Crippen LogP contribution is 2.43. The summed E-state index contributed by atoms with van der Waals surface area (Å²) in [6.45, 7) is 6.29. The van der Waals surface area contributed by atoms with Crippen LogP contribution in [0, 0.1) is 0 Å². The van der Waals surface area contributed by atoms with Gasteiger partial charge < -0.3 is 24.2 Å². The van der Waals surface area contributed by atoms with Crippen molar-refractivity contribution in [2.45, 2.75) is 52.2 Å². The lowest BCUT2D eigenvalue weighted by Gasteiger charge is -2.26. The maximum Gasteiger partial charge on any atom is 0.295 e. The number of halogens is 1. The Labute approximate surface area is 211 Å². The number of unbranched alkanes of at least 4 members (excludes halogenated alkanes) is 2. The monoisotopic (exact) mass is 501 g/mol. The van der Waals surface area contributed by atoms with E-state index in [-0.39, 0.29) is 33.8 Å². The number of carbonyl (C=O) groups excluding carboxylic acids is 2. The number of nitrogens with zero attached hydrogens (tertiary/aromatic N) is 1. The first kappa shape index (κ1) is 26.4. The molecule has 1 aliphatic rings. The topological polar surface area (TPSA) is 85.3 Å². The minimum absolute atomic E-state index is 0.0206. The maximum atomic E-state index is 13.3. The van der Waals surface area contributed by atoms with Crippen LogP contribution in [0.25, 0.3) is 5.76 Å². The third-order valence-electron chi connectivity index (χ3n) is 5.82. The lowest BCUT2D eigenvalue weighted by atomic mass is 9.94. The number of carbonyl (C=O) groups is 2. The fourth-order valence-corrected chi connectivity index (χ4v) is 4.45. The van der Waals surface area contributed by atoms with Crippen LogP contribution in [-0.4, -0.2) is 48.6 Å². The smallest absolute Gasteiger partial charge is 0.295 e. The lowest BCUT2D eigenvalue weighted by Crippen LogP contribution is -2.30. The standard InChI is InChI=1S/C27H32ClNO6/c1-6-7-8-12-29-24(17-10-9-11-18(13-17)35-16(2)3)23(26(31)27(29)32)25(30)19-14-20(28)22(34-5)15-21(19)33-4/h9-11,13-16,24,30H,6-8,12H2,1-5H3/b25-23+. The van der Waals surface area contributed by atoms with Gasteiger partial charge in [0.15, 0.2) is 0 Å². The molecule has 1 unspecified atom stereocenters. The predicted octanol–water partition coefficient (Wildman–Crippen LogP) is 5.76. The van der Waals surface area contributed by atoms with Crippen molar-refractivity contribution in [2.24, 2.45) is 0 Å². The van der Waals surface area contributed by atoms with Gasteiger partial charge in [-0.2, -0.15) is 0 Å². The van der Waals surface area contributed by atoms with E-state index in [1.54, 1.807) is 6.07 Å². The van der Waals surface area contributed by atoms with Crippen LogP contribution in [0.4, 0.5) is 0 Å². The summed E-state index contributed by atoms with van der Waals surface area (Å²) in [5.41, 5.74) is 0.844. The van der Waals surface area contributed by atoms with Crippen LogP contribution in [0.15, 0.2) is 42.0 Å². The van der Waals surface area contributed by atoms with E-state index in [9.17, 15) is 14.7 Å². The predicted molar refractivity (Wildman–Crippen MR) is 135 cm³/mol. The number of aliphatic hydroxyl groups excluding tert-OH is 1. The average molecular weight is 502 g/mol. The van der Waals surface area contributed by atoms with Gasteiger partial charge in [0.05, 0.1) is 42.5 Å². The summed E-state index contributed by atoms with van der Waals surface area (Å²) < 4.78 is 16.5. The Morgan fingerprint density at radius 2 is 1.80 bits per heavy atom. The van der Waals surface area contributed by atoms with E-state index in [4.69, 9.17) is 25.8 Å². The SMILES string of the molecule is CCCCCN1C(=O)C(=O)/C(=C(/O)c2cc(Cl)c(OC)cc2OC)C1c1cccc(OC(C)C)c1. The largest absolute Gasteiger partial charge is 0.507 e. The van der Waals surface area contributed by atoms with E-state index in [2.05, 4.69) is 6.92 Å². The van der Waals surface area contributed by atoms with Crippen LogP contribution in [0.5, 0.6) is 17.2 Å². The molecule has 3 rings (SSSR count). The maximum absolute atomic E-state index is 13.3. The zero-order chi connectivity index (χ0) is 25.7. The number of methoxy groups -OCH3 is 2. The number of amides is 1. The second-order valence-corrected chi connectivity index (χ2v) is 9.03. The Bertz CT molecular complexity index is 1130.